The lowest BCUT2D eigenvalue weighted by molar-refractivity contribution is 0.0993. The van der Waals surface area contributed by atoms with Gasteiger partial charge in [-0.25, -0.2) is 0 Å². The third-order valence-electron chi connectivity index (χ3n) is 2.60. The number of rotatable bonds is 2. The Morgan fingerprint density at radius 2 is 1.94 bits per heavy atom. The van der Waals surface area contributed by atoms with E-state index in [-0.39, 0.29) is 5.91 Å². The molecule has 0 bridgehead atoms. The summed E-state index contributed by atoms with van der Waals surface area (Å²) in [5, 5.41) is 0.379. The molecule has 5 heteroatoms. The molecule has 92 valence electrons. The first-order valence-electron chi connectivity index (χ1n) is 5.32. The van der Waals surface area contributed by atoms with E-state index in [1.165, 1.54) is 4.90 Å². The zero-order valence-corrected chi connectivity index (χ0v) is 10.6. The molecule has 0 aliphatic carbocycles. The molecule has 0 unspecified atom stereocenters. The van der Waals surface area contributed by atoms with Crippen LogP contribution in [0.4, 0.5) is 11.4 Å². The zero-order chi connectivity index (χ0) is 13.1. The number of amides is 1. The highest BCUT2D eigenvalue weighted by atomic mass is 35.5. The smallest absolute Gasteiger partial charge is 0.258 e. The van der Waals surface area contributed by atoms with Gasteiger partial charge in [-0.3, -0.25) is 9.78 Å². The van der Waals surface area contributed by atoms with Gasteiger partial charge in [0.2, 0.25) is 0 Å². The van der Waals surface area contributed by atoms with Crippen LogP contribution < -0.4 is 10.6 Å². The molecular formula is C13H12ClN3O. The Balaban J connectivity index is 2.29. The fraction of sp³-hybridized carbons (Fsp3) is 0.0769. The summed E-state index contributed by atoms with van der Waals surface area (Å²) < 4.78 is 0. The van der Waals surface area contributed by atoms with Crippen LogP contribution in [0, 0.1) is 0 Å². The molecule has 0 fully saturated rings. The first kappa shape index (κ1) is 12.4. The van der Waals surface area contributed by atoms with Crippen molar-refractivity contribution in [1.82, 2.24) is 4.98 Å². The third kappa shape index (κ3) is 2.43. The lowest BCUT2D eigenvalue weighted by atomic mass is 10.2. The molecule has 1 heterocycles. The molecule has 0 aliphatic heterocycles. The summed E-state index contributed by atoms with van der Waals surface area (Å²) in [7, 11) is 1.70. The second-order valence-corrected chi connectivity index (χ2v) is 4.21. The summed E-state index contributed by atoms with van der Waals surface area (Å²) in [5.41, 5.74) is 7.33. The number of anilines is 2. The average molecular weight is 262 g/mol. The molecule has 0 spiro atoms. The predicted molar refractivity (Wildman–Crippen MR) is 72.8 cm³/mol. The molecule has 0 radical (unpaired) electrons. The number of hydrogen-bond donors (Lipinski definition) is 1. The maximum atomic E-state index is 12.2. The van der Waals surface area contributed by atoms with Crippen LogP contribution in [0.25, 0.3) is 0 Å². The van der Waals surface area contributed by atoms with Crippen molar-refractivity contribution in [2.75, 3.05) is 17.7 Å². The van der Waals surface area contributed by atoms with E-state index in [1.807, 2.05) is 0 Å². The number of nitrogen functional groups attached to an aromatic ring is 1. The summed E-state index contributed by atoms with van der Waals surface area (Å²) >= 11 is 5.90. The molecule has 1 aromatic heterocycles. The van der Waals surface area contributed by atoms with E-state index in [0.29, 0.717) is 16.3 Å². The number of hydrogen-bond acceptors (Lipinski definition) is 3. The van der Waals surface area contributed by atoms with Crippen LogP contribution in [0.1, 0.15) is 10.4 Å². The number of nitrogens with two attached hydrogens (primary N) is 1. The molecule has 0 saturated heterocycles. The molecule has 0 saturated carbocycles. The van der Waals surface area contributed by atoms with Gasteiger partial charge in [-0.05, 0) is 30.3 Å². The van der Waals surface area contributed by atoms with Crippen molar-refractivity contribution in [2.45, 2.75) is 0 Å². The topological polar surface area (TPSA) is 59.2 Å². The van der Waals surface area contributed by atoms with Crippen molar-refractivity contribution in [2.24, 2.45) is 0 Å². The second kappa shape index (κ2) is 5.06. The van der Waals surface area contributed by atoms with Gasteiger partial charge in [-0.1, -0.05) is 11.6 Å². The third-order valence-corrected chi connectivity index (χ3v) is 2.93. The van der Waals surface area contributed by atoms with Crippen molar-refractivity contribution >= 4 is 28.9 Å². The fourth-order valence-corrected chi connectivity index (χ4v) is 1.72. The Morgan fingerprint density at radius 3 is 2.56 bits per heavy atom. The monoisotopic (exact) mass is 261 g/mol. The Labute approximate surface area is 110 Å². The molecule has 4 nitrogen and oxygen atoms in total. The van der Waals surface area contributed by atoms with E-state index < -0.39 is 0 Å². The maximum absolute atomic E-state index is 12.2. The van der Waals surface area contributed by atoms with E-state index in [4.69, 9.17) is 17.3 Å². The first-order valence-corrected chi connectivity index (χ1v) is 5.70. The van der Waals surface area contributed by atoms with Gasteiger partial charge in [-0.2, -0.15) is 0 Å². The van der Waals surface area contributed by atoms with E-state index in [9.17, 15) is 4.79 Å². The fourth-order valence-electron chi connectivity index (χ4n) is 1.54. The van der Waals surface area contributed by atoms with Gasteiger partial charge in [-0.15, -0.1) is 0 Å². The Bertz CT molecular complexity index is 572. The Kier molecular flexibility index (Phi) is 3.48. The number of pyridine rings is 1. The van der Waals surface area contributed by atoms with Crippen LogP contribution >= 0.6 is 11.6 Å². The number of aromatic nitrogens is 1. The summed E-state index contributed by atoms with van der Waals surface area (Å²) in [6.45, 7) is 0. The lowest BCUT2D eigenvalue weighted by Crippen LogP contribution is -2.26. The minimum absolute atomic E-state index is 0.150. The number of halogens is 1. The van der Waals surface area contributed by atoms with Gasteiger partial charge in [0.05, 0.1) is 10.7 Å². The molecule has 2 rings (SSSR count). The zero-order valence-electron chi connectivity index (χ0n) is 9.80. The van der Waals surface area contributed by atoms with Gasteiger partial charge in [0.1, 0.15) is 0 Å². The van der Waals surface area contributed by atoms with E-state index in [2.05, 4.69) is 4.98 Å². The molecule has 0 aliphatic rings. The number of carbonyl (C=O) groups is 1. The molecule has 18 heavy (non-hydrogen) atoms. The lowest BCUT2D eigenvalue weighted by Gasteiger charge is -2.17. The molecule has 1 aromatic carbocycles. The van der Waals surface area contributed by atoms with Crippen LogP contribution in [0.3, 0.4) is 0 Å². The quantitative estimate of drug-likeness (QED) is 0.846. The van der Waals surface area contributed by atoms with Crippen molar-refractivity contribution in [3.8, 4) is 0 Å². The van der Waals surface area contributed by atoms with Crippen LogP contribution in [-0.2, 0) is 0 Å². The van der Waals surface area contributed by atoms with Crippen molar-refractivity contribution < 1.29 is 4.79 Å². The van der Waals surface area contributed by atoms with E-state index >= 15 is 0 Å². The summed E-state index contributed by atoms with van der Waals surface area (Å²) in [4.78, 5) is 17.7. The minimum Gasteiger partial charge on any atom is -0.398 e. The largest absolute Gasteiger partial charge is 0.398 e. The van der Waals surface area contributed by atoms with Crippen LogP contribution in [0.15, 0.2) is 42.7 Å². The van der Waals surface area contributed by atoms with Crippen molar-refractivity contribution in [1.29, 1.82) is 0 Å². The Hall–Kier alpha value is -2.07. The number of benzene rings is 1. The minimum atomic E-state index is -0.150. The Morgan fingerprint density at radius 1 is 1.28 bits per heavy atom. The van der Waals surface area contributed by atoms with Gasteiger partial charge in [0.15, 0.2) is 0 Å². The highest BCUT2D eigenvalue weighted by Crippen LogP contribution is 2.21. The highest BCUT2D eigenvalue weighted by molar-refractivity contribution is 6.33. The van der Waals surface area contributed by atoms with Crippen molar-refractivity contribution in [3.05, 3.63) is 53.3 Å². The number of nitrogens with zero attached hydrogens (tertiary/aromatic N) is 2. The van der Waals surface area contributed by atoms with Crippen LogP contribution in [0.2, 0.25) is 5.02 Å². The molecular weight excluding hydrogens is 250 g/mol. The first-order chi connectivity index (χ1) is 8.59. The SMILES string of the molecule is CN(C(=O)c1ccc(N)c(Cl)c1)c1ccncc1. The maximum Gasteiger partial charge on any atom is 0.258 e. The van der Waals surface area contributed by atoms with Crippen molar-refractivity contribution in [3.63, 3.8) is 0 Å². The van der Waals surface area contributed by atoms with E-state index in [1.54, 1.807) is 49.8 Å². The average Bonchev–Trinajstić information content (AvgIpc) is 2.41. The standard InChI is InChI=1S/C13H12ClN3O/c1-17(10-4-6-16-7-5-10)13(18)9-2-3-12(15)11(14)8-9/h2-8H,15H2,1H3. The normalized spacial score (nSPS) is 10.1. The van der Waals surface area contributed by atoms with E-state index in [0.717, 1.165) is 5.69 Å². The van der Waals surface area contributed by atoms with Crippen LogP contribution in [0.5, 0.6) is 0 Å². The van der Waals surface area contributed by atoms with Crippen LogP contribution in [-0.4, -0.2) is 17.9 Å². The summed E-state index contributed by atoms with van der Waals surface area (Å²) in [5.74, 6) is -0.150. The van der Waals surface area contributed by atoms with Gasteiger partial charge < -0.3 is 10.6 Å². The molecule has 0 atom stereocenters. The summed E-state index contributed by atoms with van der Waals surface area (Å²) in [6, 6.07) is 8.36. The predicted octanol–water partition coefficient (Wildman–Crippen LogP) is 2.59. The molecule has 1 amide bonds. The summed E-state index contributed by atoms with van der Waals surface area (Å²) in [6.07, 6.45) is 3.27. The number of carbonyl (C=O) groups excluding carboxylic acids is 1. The highest BCUT2D eigenvalue weighted by Gasteiger charge is 2.14. The molecule has 2 aromatic rings. The second-order valence-electron chi connectivity index (χ2n) is 3.81. The van der Waals surface area contributed by atoms with Gasteiger partial charge >= 0.3 is 0 Å². The van der Waals surface area contributed by atoms with Gasteiger partial charge in [0.25, 0.3) is 5.91 Å². The van der Waals surface area contributed by atoms with Gasteiger partial charge in [0, 0.05) is 30.7 Å². The molecule has 2 N–H and O–H groups in total.